The van der Waals surface area contributed by atoms with Crippen LogP contribution in [-0.2, 0) is 21.7 Å². The molecule has 304 valence electrons. The molecule has 11 rings (SSSR count). The first kappa shape index (κ1) is 38.3. The highest BCUT2D eigenvalue weighted by Gasteiger charge is 2.46. The predicted molar refractivity (Wildman–Crippen MR) is 261 cm³/mol. The van der Waals surface area contributed by atoms with Crippen molar-refractivity contribution in [2.75, 3.05) is 4.90 Å². The number of fused-ring (bicyclic) bond motifs is 9. The molecule has 0 unspecified atom stereocenters. The van der Waals surface area contributed by atoms with E-state index in [1.54, 1.807) is 0 Å². The lowest BCUT2D eigenvalue weighted by Crippen LogP contribution is -2.28. The lowest BCUT2D eigenvalue weighted by atomic mass is 9.67. The predicted octanol–water partition coefficient (Wildman–Crippen LogP) is 16.3. The van der Waals surface area contributed by atoms with Crippen LogP contribution in [-0.4, -0.2) is 0 Å². The van der Waals surface area contributed by atoms with Crippen molar-refractivity contribution < 1.29 is 4.42 Å². The van der Waals surface area contributed by atoms with Gasteiger partial charge < -0.3 is 9.32 Å². The molecule has 0 saturated heterocycles. The summed E-state index contributed by atoms with van der Waals surface area (Å²) in [6.07, 6.45) is 0. The number of nitrogens with zero attached hydrogens (tertiary/aromatic N) is 1. The maximum Gasteiger partial charge on any atom is 0.139 e. The second-order valence-corrected chi connectivity index (χ2v) is 20.2. The summed E-state index contributed by atoms with van der Waals surface area (Å²) in [4.78, 5) is 2.45. The molecule has 0 bridgehead atoms. The zero-order chi connectivity index (χ0) is 42.8. The Morgan fingerprint density at radius 1 is 0.419 bits per heavy atom. The van der Waals surface area contributed by atoms with Crippen LogP contribution in [0.4, 0.5) is 17.1 Å². The maximum absolute atomic E-state index is 7.02. The highest BCUT2D eigenvalue weighted by Crippen LogP contribution is 2.57. The van der Waals surface area contributed by atoms with Gasteiger partial charge in [0.1, 0.15) is 11.2 Å². The summed E-state index contributed by atoms with van der Waals surface area (Å²) in [6.45, 7) is 18.5. The number of benzene rings is 8. The largest absolute Gasteiger partial charge is 0.456 e. The third-order valence-corrected chi connectivity index (χ3v) is 14.0. The van der Waals surface area contributed by atoms with E-state index in [1.165, 1.54) is 72.1 Å². The minimum absolute atomic E-state index is 0.00198. The fourth-order valence-electron chi connectivity index (χ4n) is 10.9. The Labute approximate surface area is 366 Å². The standard InChI is InChI=1S/C60H53NO/c1-57(2,3)40-34-49-48-32-30-43(37-55(48)62-56(49)54(35-40)58(4,5)6)61(42-29-31-47-44-23-12-15-26-50(44)59(7,8)53(47)36-42)41-22-18-21-39(33-41)60(38-19-10-9-11-20-38)51-27-16-13-24-45(51)46-25-14-17-28-52(46)60/h9-37H,1-8H3. The van der Waals surface area contributed by atoms with Crippen LogP contribution in [0, 0.1) is 0 Å². The third-order valence-electron chi connectivity index (χ3n) is 14.0. The quantitative estimate of drug-likeness (QED) is 0.172. The summed E-state index contributed by atoms with van der Waals surface area (Å²) < 4.78 is 7.02. The molecule has 0 fully saturated rings. The molecule has 0 spiro atoms. The van der Waals surface area contributed by atoms with E-state index in [4.69, 9.17) is 4.42 Å². The van der Waals surface area contributed by atoms with E-state index < -0.39 is 5.41 Å². The van der Waals surface area contributed by atoms with Gasteiger partial charge in [-0.1, -0.05) is 183 Å². The van der Waals surface area contributed by atoms with Crippen LogP contribution in [0.2, 0.25) is 0 Å². The average Bonchev–Trinajstić information content (AvgIpc) is 3.87. The van der Waals surface area contributed by atoms with E-state index in [1.807, 2.05) is 0 Å². The van der Waals surface area contributed by atoms with Gasteiger partial charge in [0.2, 0.25) is 0 Å². The lowest BCUT2D eigenvalue weighted by Gasteiger charge is -2.35. The summed E-state index contributed by atoms with van der Waals surface area (Å²) >= 11 is 0. The summed E-state index contributed by atoms with van der Waals surface area (Å²) in [6, 6.07) is 65.9. The zero-order valence-corrected chi connectivity index (χ0v) is 37.1. The second-order valence-electron chi connectivity index (χ2n) is 20.2. The molecular weight excluding hydrogens is 751 g/mol. The van der Waals surface area contributed by atoms with Gasteiger partial charge in [0.25, 0.3) is 0 Å². The third kappa shape index (κ3) is 5.55. The molecule has 1 aromatic heterocycles. The minimum Gasteiger partial charge on any atom is -0.456 e. The van der Waals surface area contributed by atoms with Crippen molar-refractivity contribution >= 4 is 39.0 Å². The Morgan fingerprint density at radius 2 is 0.968 bits per heavy atom. The molecule has 0 aliphatic heterocycles. The lowest BCUT2D eigenvalue weighted by molar-refractivity contribution is 0.559. The molecule has 0 radical (unpaired) electrons. The number of furan rings is 1. The summed E-state index contributed by atoms with van der Waals surface area (Å²) in [5, 5.41) is 2.32. The molecule has 62 heavy (non-hydrogen) atoms. The van der Waals surface area contributed by atoms with E-state index in [9.17, 15) is 0 Å². The van der Waals surface area contributed by atoms with Crippen LogP contribution in [0.5, 0.6) is 0 Å². The van der Waals surface area contributed by atoms with E-state index in [0.29, 0.717) is 0 Å². The molecule has 2 aliphatic rings. The fraction of sp³-hybridized carbons (Fsp3) is 0.200. The second kappa shape index (κ2) is 13.4. The highest BCUT2D eigenvalue weighted by molar-refractivity contribution is 6.08. The van der Waals surface area contributed by atoms with Gasteiger partial charge in [0.05, 0.1) is 5.41 Å². The van der Waals surface area contributed by atoms with Crippen LogP contribution in [0.15, 0.2) is 180 Å². The molecule has 0 saturated carbocycles. The Kier molecular flexibility index (Phi) is 8.29. The van der Waals surface area contributed by atoms with E-state index in [2.05, 4.69) is 236 Å². The Morgan fingerprint density at radius 3 is 1.63 bits per heavy atom. The van der Waals surface area contributed by atoms with Crippen LogP contribution >= 0.6 is 0 Å². The van der Waals surface area contributed by atoms with Gasteiger partial charge in [-0.2, -0.15) is 0 Å². The van der Waals surface area contributed by atoms with Crippen LogP contribution in [0.25, 0.3) is 44.2 Å². The molecule has 0 N–H and O–H groups in total. The zero-order valence-electron chi connectivity index (χ0n) is 37.1. The summed E-state index contributed by atoms with van der Waals surface area (Å²) in [5.41, 5.74) is 19.9. The summed E-state index contributed by atoms with van der Waals surface area (Å²) in [7, 11) is 0. The van der Waals surface area contributed by atoms with Crippen molar-refractivity contribution in [2.24, 2.45) is 0 Å². The van der Waals surface area contributed by atoms with Gasteiger partial charge in [0, 0.05) is 44.9 Å². The number of anilines is 3. The molecule has 8 aromatic carbocycles. The topological polar surface area (TPSA) is 16.4 Å². The molecule has 1 heterocycles. The molecule has 2 heteroatoms. The molecule has 2 aliphatic carbocycles. The van der Waals surface area contributed by atoms with Crippen molar-refractivity contribution in [3.63, 3.8) is 0 Å². The Bertz CT molecular complexity index is 3190. The minimum atomic E-state index is -0.519. The monoisotopic (exact) mass is 803 g/mol. The van der Waals surface area contributed by atoms with Crippen molar-refractivity contribution in [1.29, 1.82) is 0 Å². The SMILES string of the molecule is CC(C)(C)c1cc(C(C)(C)C)c2oc3cc(N(c4cccc(C5(c6ccccc6)c6ccccc6-c6ccccc65)c4)c4ccc5c(c4)C(C)(C)c4ccccc4-5)ccc3c2c1. The average molecular weight is 804 g/mol. The molecular formula is C60H53NO. The first-order valence-corrected chi connectivity index (χ1v) is 22.2. The van der Waals surface area contributed by atoms with Crippen molar-refractivity contribution in [1.82, 2.24) is 0 Å². The van der Waals surface area contributed by atoms with Crippen molar-refractivity contribution in [3.8, 4) is 22.3 Å². The number of hydrogen-bond acceptors (Lipinski definition) is 2. The maximum atomic E-state index is 7.02. The smallest absolute Gasteiger partial charge is 0.139 e. The fourth-order valence-corrected chi connectivity index (χ4v) is 10.9. The van der Waals surface area contributed by atoms with E-state index in [0.717, 1.165) is 33.6 Å². The highest BCUT2D eigenvalue weighted by atomic mass is 16.3. The van der Waals surface area contributed by atoms with Gasteiger partial charge >= 0.3 is 0 Å². The van der Waals surface area contributed by atoms with E-state index >= 15 is 0 Å². The van der Waals surface area contributed by atoms with Crippen LogP contribution < -0.4 is 4.90 Å². The molecule has 2 nitrogen and oxygen atoms in total. The molecule has 0 atom stereocenters. The van der Waals surface area contributed by atoms with Crippen LogP contribution in [0.3, 0.4) is 0 Å². The number of rotatable bonds is 5. The first-order valence-electron chi connectivity index (χ1n) is 22.2. The van der Waals surface area contributed by atoms with Gasteiger partial charge in [-0.15, -0.1) is 0 Å². The first-order chi connectivity index (χ1) is 29.8. The Balaban J connectivity index is 1.17. The Hall–Kier alpha value is -6.64. The molecule has 9 aromatic rings. The van der Waals surface area contributed by atoms with Gasteiger partial charge in [-0.3, -0.25) is 0 Å². The van der Waals surface area contributed by atoms with Gasteiger partial charge in [-0.25, -0.2) is 0 Å². The van der Waals surface area contributed by atoms with Crippen molar-refractivity contribution in [3.05, 3.63) is 220 Å². The van der Waals surface area contributed by atoms with Gasteiger partial charge in [-0.05, 0) is 114 Å². The normalized spacial score (nSPS) is 14.7. The van der Waals surface area contributed by atoms with Gasteiger partial charge in [0.15, 0.2) is 0 Å². The number of hydrogen-bond donors (Lipinski definition) is 0. The molecule has 0 amide bonds. The van der Waals surface area contributed by atoms with Crippen LogP contribution in [0.1, 0.15) is 99.9 Å². The van der Waals surface area contributed by atoms with E-state index in [-0.39, 0.29) is 16.2 Å². The van der Waals surface area contributed by atoms with Crippen molar-refractivity contribution in [2.45, 2.75) is 77.0 Å². The summed E-state index contributed by atoms with van der Waals surface area (Å²) in [5.74, 6) is 0.